The summed E-state index contributed by atoms with van der Waals surface area (Å²) < 4.78 is 4.73. The number of benzene rings is 1. The summed E-state index contributed by atoms with van der Waals surface area (Å²) in [7, 11) is 0. The molecule has 0 amide bonds. The largest absolute Gasteiger partial charge is 0.504 e. The zero-order chi connectivity index (χ0) is 16.9. The zero-order valence-electron chi connectivity index (χ0n) is 12.0. The van der Waals surface area contributed by atoms with Crippen LogP contribution in [0.25, 0.3) is 0 Å². The Morgan fingerprint density at radius 1 is 1.05 bits per heavy atom. The summed E-state index contributed by atoms with van der Waals surface area (Å²) in [6, 6.07) is 3.28. The summed E-state index contributed by atoms with van der Waals surface area (Å²) in [5, 5.41) is 56.6. The second kappa shape index (κ2) is 7.95. The number of aromatic hydroxyl groups is 2. The minimum absolute atomic E-state index is 0.0638. The normalized spacial score (nSPS) is 16.6. The van der Waals surface area contributed by atoms with E-state index in [-0.39, 0.29) is 12.0 Å². The van der Waals surface area contributed by atoms with Crippen LogP contribution in [0.5, 0.6) is 11.5 Å². The third-order valence-corrected chi connectivity index (χ3v) is 3.15. The van der Waals surface area contributed by atoms with E-state index < -0.39 is 48.5 Å². The first-order chi connectivity index (χ1) is 10.3. The van der Waals surface area contributed by atoms with E-state index in [1.54, 1.807) is 6.92 Å². The van der Waals surface area contributed by atoms with Crippen molar-refractivity contribution in [2.24, 2.45) is 0 Å². The predicted octanol–water partition coefficient (Wildman–Crippen LogP) is -0.892. The molecule has 1 aromatic rings. The molecule has 8 heteroatoms. The molecule has 0 fully saturated rings. The van der Waals surface area contributed by atoms with Gasteiger partial charge in [-0.1, -0.05) is 6.92 Å². The van der Waals surface area contributed by atoms with Crippen molar-refractivity contribution in [3.63, 3.8) is 0 Å². The minimum Gasteiger partial charge on any atom is -0.504 e. The zero-order valence-corrected chi connectivity index (χ0v) is 12.0. The minimum atomic E-state index is -1.68. The van der Waals surface area contributed by atoms with Crippen molar-refractivity contribution in [3.05, 3.63) is 23.8 Å². The number of phenolic OH excluding ortho intramolecular Hbond substituents is 2. The lowest BCUT2D eigenvalue weighted by molar-refractivity contribution is -0.116. The lowest BCUT2D eigenvalue weighted by Gasteiger charge is -2.25. The van der Waals surface area contributed by atoms with Crippen LogP contribution in [-0.4, -0.2) is 67.6 Å². The van der Waals surface area contributed by atoms with E-state index in [4.69, 9.17) is 9.84 Å². The Morgan fingerprint density at radius 2 is 1.64 bits per heavy atom. The first-order valence-electron chi connectivity index (χ1n) is 6.69. The third-order valence-electron chi connectivity index (χ3n) is 3.15. The average molecular weight is 316 g/mol. The second-order valence-corrected chi connectivity index (χ2v) is 4.83. The molecule has 0 aromatic heterocycles. The summed E-state index contributed by atoms with van der Waals surface area (Å²) in [5.74, 6) is -1.80. The number of aliphatic hydroxyl groups is 4. The van der Waals surface area contributed by atoms with Gasteiger partial charge < -0.3 is 35.4 Å². The van der Waals surface area contributed by atoms with E-state index in [1.807, 2.05) is 0 Å². The smallest absolute Gasteiger partial charge is 0.338 e. The van der Waals surface area contributed by atoms with Gasteiger partial charge in [0.2, 0.25) is 0 Å². The van der Waals surface area contributed by atoms with Gasteiger partial charge in [-0.05, 0) is 24.6 Å². The summed E-state index contributed by atoms with van der Waals surface area (Å²) in [6.07, 6.45) is -5.88. The molecular weight excluding hydrogens is 296 g/mol. The number of carbonyl (C=O) groups excluding carboxylic acids is 1. The number of aliphatic hydroxyl groups excluding tert-OH is 4. The van der Waals surface area contributed by atoms with Gasteiger partial charge >= 0.3 is 5.97 Å². The summed E-state index contributed by atoms with van der Waals surface area (Å²) in [5.41, 5.74) is -0.0638. The van der Waals surface area contributed by atoms with Crippen LogP contribution in [0, 0.1) is 0 Å². The highest BCUT2D eigenvalue weighted by Gasteiger charge is 2.30. The molecular formula is C14H20O8. The molecule has 0 radical (unpaired) electrons. The van der Waals surface area contributed by atoms with E-state index in [2.05, 4.69) is 0 Å². The van der Waals surface area contributed by atoms with E-state index >= 15 is 0 Å². The standard InChI is InChI=1S/C14H20O8/c1-2-8(15)12(19)13(20)11(18)6-22-14(21)7-3-4-9(16)10(17)5-7/h3-5,8,11-13,15-20H,2,6H2,1H3. The molecule has 0 saturated carbocycles. The molecule has 0 saturated heterocycles. The van der Waals surface area contributed by atoms with Crippen molar-refractivity contribution in [2.45, 2.75) is 37.8 Å². The fraction of sp³-hybridized carbons (Fsp3) is 0.500. The SMILES string of the molecule is CCC(O)C(O)C(O)C(O)COC(=O)c1ccc(O)c(O)c1. The monoisotopic (exact) mass is 316 g/mol. The van der Waals surface area contributed by atoms with Crippen LogP contribution in [0.1, 0.15) is 23.7 Å². The van der Waals surface area contributed by atoms with Gasteiger partial charge in [-0.3, -0.25) is 0 Å². The van der Waals surface area contributed by atoms with Crippen LogP contribution in [-0.2, 0) is 4.74 Å². The highest BCUT2D eigenvalue weighted by molar-refractivity contribution is 5.90. The van der Waals surface area contributed by atoms with Crippen LogP contribution in [0.4, 0.5) is 0 Å². The number of hydrogen-bond acceptors (Lipinski definition) is 8. The number of esters is 1. The Labute approximate surface area is 126 Å². The van der Waals surface area contributed by atoms with Crippen molar-refractivity contribution in [2.75, 3.05) is 6.61 Å². The molecule has 0 aliphatic rings. The fourth-order valence-electron chi connectivity index (χ4n) is 1.69. The molecule has 6 N–H and O–H groups in total. The molecule has 0 heterocycles. The van der Waals surface area contributed by atoms with Crippen LogP contribution in [0.15, 0.2) is 18.2 Å². The van der Waals surface area contributed by atoms with Gasteiger partial charge in [-0.25, -0.2) is 4.79 Å². The van der Waals surface area contributed by atoms with Gasteiger partial charge in [0.25, 0.3) is 0 Å². The van der Waals surface area contributed by atoms with Gasteiger partial charge in [0.15, 0.2) is 11.5 Å². The molecule has 8 nitrogen and oxygen atoms in total. The Kier molecular flexibility index (Phi) is 6.57. The molecule has 0 aliphatic carbocycles. The van der Waals surface area contributed by atoms with Gasteiger partial charge in [0, 0.05) is 0 Å². The Bertz CT molecular complexity index is 504. The quantitative estimate of drug-likeness (QED) is 0.280. The Balaban J connectivity index is 2.57. The highest BCUT2D eigenvalue weighted by Crippen LogP contribution is 2.25. The van der Waals surface area contributed by atoms with Crippen molar-refractivity contribution in [1.29, 1.82) is 0 Å². The van der Waals surface area contributed by atoms with Crippen LogP contribution < -0.4 is 0 Å². The third kappa shape index (κ3) is 4.57. The van der Waals surface area contributed by atoms with Crippen LogP contribution >= 0.6 is 0 Å². The second-order valence-electron chi connectivity index (χ2n) is 4.83. The van der Waals surface area contributed by atoms with Crippen molar-refractivity contribution in [3.8, 4) is 11.5 Å². The maximum absolute atomic E-state index is 11.7. The van der Waals surface area contributed by atoms with Crippen molar-refractivity contribution >= 4 is 5.97 Å². The van der Waals surface area contributed by atoms with E-state index in [1.165, 1.54) is 6.07 Å². The molecule has 0 bridgehead atoms. The van der Waals surface area contributed by atoms with Crippen LogP contribution in [0.2, 0.25) is 0 Å². The average Bonchev–Trinajstić information content (AvgIpc) is 2.52. The number of phenols is 2. The number of rotatable bonds is 7. The first-order valence-corrected chi connectivity index (χ1v) is 6.69. The Morgan fingerprint density at radius 3 is 2.18 bits per heavy atom. The fourth-order valence-corrected chi connectivity index (χ4v) is 1.69. The van der Waals surface area contributed by atoms with E-state index in [9.17, 15) is 30.3 Å². The van der Waals surface area contributed by atoms with Crippen molar-refractivity contribution in [1.82, 2.24) is 0 Å². The summed E-state index contributed by atoms with van der Waals surface area (Å²) in [6.45, 7) is 0.972. The molecule has 22 heavy (non-hydrogen) atoms. The lowest BCUT2D eigenvalue weighted by atomic mass is 10.0. The molecule has 1 aromatic carbocycles. The van der Waals surface area contributed by atoms with Gasteiger partial charge in [-0.15, -0.1) is 0 Å². The van der Waals surface area contributed by atoms with E-state index in [0.29, 0.717) is 0 Å². The topological polar surface area (TPSA) is 148 Å². The van der Waals surface area contributed by atoms with E-state index in [0.717, 1.165) is 12.1 Å². The number of ether oxygens (including phenoxy) is 1. The highest BCUT2D eigenvalue weighted by atomic mass is 16.5. The maximum atomic E-state index is 11.7. The number of hydrogen-bond donors (Lipinski definition) is 6. The van der Waals surface area contributed by atoms with Gasteiger partial charge in [0.05, 0.1) is 11.7 Å². The molecule has 124 valence electrons. The van der Waals surface area contributed by atoms with Gasteiger partial charge in [0.1, 0.15) is 24.9 Å². The molecule has 0 spiro atoms. The maximum Gasteiger partial charge on any atom is 0.338 e. The summed E-state index contributed by atoms with van der Waals surface area (Å²) in [4.78, 5) is 11.7. The van der Waals surface area contributed by atoms with Crippen molar-refractivity contribution < 1.29 is 40.2 Å². The molecule has 0 aliphatic heterocycles. The Hall–Kier alpha value is -1.87. The lowest BCUT2D eigenvalue weighted by Crippen LogP contribution is -2.46. The predicted molar refractivity (Wildman–Crippen MR) is 74.4 cm³/mol. The molecule has 4 unspecified atom stereocenters. The molecule has 1 rings (SSSR count). The summed E-state index contributed by atoms with van der Waals surface area (Å²) >= 11 is 0. The van der Waals surface area contributed by atoms with Gasteiger partial charge in [-0.2, -0.15) is 0 Å². The van der Waals surface area contributed by atoms with Crippen LogP contribution in [0.3, 0.4) is 0 Å². The first kappa shape index (κ1) is 18.2. The number of carbonyl (C=O) groups is 1. The molecule has 4 atom stereocenters.